The largest absolute Gasteiger partial charge is 0.330 e. The maximum atomic E-state index is 11.7. The Balaban J connectivity index is 2.12. The second-order valence-electron chi connectivity index (χ2n) is 5.11. The molecule has 7 nitrogen and oxygen atoms in total. The maximum Gasteiger partial charge on any atom is 0.225 e. The highest BCUT2D eigenvalue weighted by atomic mass is 32.2. The van der Waals surface area contributed by atoms with Gasteiger partial charge < -0.3 is 11.1 Å². The van der Waals surface area contributed by atoms with Crippen molar-refractivity contribution in [2.24, 2.45) is 5.73 Å². The number of nitrogens with two attached hydrogens (primary N) is 1. The number of hydrogen-bond acceptors (Lipinski definition) is 5. The third-order valence-corrected chi connectivity index (χ3v) is 5.04. The Morgan fingerprint density at radius 1 is 1.60 bits per heavy atom. The molecule has 1 aliphatic rings. The van der Waals surface area contributed by atoms with Gasteiger partial charge in [-0.2, -0.15) is 5.10 Å². The fourth-order valence-electron chi connectivity index (χ4n) is 2.32. The number of carbonyl (C=O) groups is 1. The van der Waals surface area contributed by atoms with Gasteiger partial charge in [-0.05, 0) is 26.3 Å². The molecule has 1 aromatic rings. The van der Waals surface area contributed by atoms with Gasteiger partial charge >= 0.3 is 0 Å². The van der Waals surface area contributed by atoms with Crippen molar-refractivity contribution >= 4 is 21.6 Å². The molecule has 1 atom stereocenters. The normalized spacial score (nSPS) is 21.0. The third kappa shape index (κ3) is 3.57. The Kier molecular flexibility index (Phi) is 4.44. The van der Waals surface area contributed by atoms with E-state index in [0.717, 1.165) is 5.69 Å². The molecule has 0 unspecified atom stereocenters. The van der Waals surface area contributed by atoms with Gasteiger partial charge in [-0.1, -0.05) is 0 Å². The zero-order valence-corrected chi connectivity index (χ0v) is 12.3. The van der Waals surface area contributed by atoms with Crippen LogP contribution in [0.1, 0.15) is 31.0 Å². The van der Waals surface area contributed by atoms with Gasteiger partial charge in [-0.25, -0.2) is 13.1 Å². The minimum absolute atomic E-state index is 0.0831. The minimum atomic E-state index is -2.98. The molecule has 3 N–H and O–H groups in total. The lowest BCUT2D eigenvalue weighted by molar-refractivity contribution is -0.116. The van der Waals surface area contributed by atoms with Crippen LogP contribution in [0.4, 0.5) is 5.82 Å². The number of carbonyl (C=O) groups excluding carboxylic acids is 1. The molecule has 2 heterocycles. The Hall–Kier alpha value is -1.41. The van der Waals surface area contributed by atoms with Crippen molar-refractivity contribution in [1.82, 2.24) is 9.78 Å². The van der Waals surface area contributed by atoms with Crippen LogP contribution in [-0.4, -0.2) is 42.2 Å². The molecular weight excluding hydrogens is 280 g/mol. The first-order valence-electron chi connectivity index (χ1n) is 6.68. The molecule has 112 valence electrons. The van der Waals surface area contributed by atoms with E-state index in [2.05, 4.69) is 10.4 Å². The summed E-state index contributed by atoms with van der Waals surface area (Å²) in [6.07, 6.45) is 1.51. The first kappa shape index (κ1) is 15.0. The predicted molar refractivity (Wildman–Crippen MR) is 76.2 cm³/mol. The van der Waals surface area contributed by atoms with Gasteiger partial charge in [0.15, 0.2) is 9.84 Å². The van der Waals surface area contributed by atoms with Crippen LogP contribution in [0.5, 0.6) is 0 Å². The zero-order chi connectivity index (χ0) is 14.8. The average molecular weight is 300 g/mol. The van der Waals surface area contributed by atoms with Crippen LogP contribution in [0.15, 0.2) is 6.07 Å². The lowest BCUT2D eigenvalue weighted by Gasteiger charge is -2.13. The quantitative estimate of drug-likeness (QED) is 0.809. The van der Waals surface area contributed by atoms with Crippen LogP contribution < -0.4 is 11.1 Å². The molecule has 20 heavy (non-hydrogen) atoms. The molecular formula is C12H20N4O3S. The molecule has 0 radical (unpaired) electrons. The van der Waals surface area contributed by atoms with Gasteiger partial charge in [0.25, 0.3) is 0 Å². The number of aryl methyl sites for hydroxylation is 1. The highest BCUT2D eigenvalue weighted by molar-refractivity contribution is 7.91. The number of hydrogen-bond donors (Lipinski definition) is 2. The number of amides is 1. The molecule has 0 aromatic carbocycles. The Labute approximate surface area is 118 Å². The van der Waals surface area contributed by atoms with Gasteiger partial charge in [0.2, 0.25) is 5.91 Å². The molecule has 1 saturated heterocycles. The summed E-state index contributed by atoms with van der Waals surface area (Å²) < 4.78 is 24.7. The van der Waals surface area contributed by atoms with Crippen LogP contribution in [0, 0.1) is 6.92 Å². The van der Waals surface area contributed by atoms with E-state index in [1.807, 2.05) is 6.92 Å². The third-order valence-electron chi connectivity index (χ3n) is 3.29. The van der Waals surface area contributed by atoms with E-state index < -0.39 is 9.84 Å². The second kappa shape index (κ2) is 5.92. The zero-order valence-electron chi connectivity index (χ0n) is 11.5. The molecule has 8 heteroatoms. The lowest BCUT2D eigenvalue weighted by Crippen LogP contribution is -2.20. The van der Waals surface area contributed by atoms with Crippen molar-refractivity contribution in [3.8, 4) is 0 Å². The van der Waals surface area contributed by atoms with Crippen molar-refractivity contribution in [2.75, 3.05) is 23.4 Å². The van der Waals surface area contributed by atoms with E-state index in [-0.39, 0.29) is 23.5 Å². The average Bonchev–Trinajstić information content (AvgIpc) is 2.89. The Bertz CT molecular complexity index is 594. The van der Waals surface area contributed by atoms with Crippen molar-refractivity contribution in [3.63, 3.8) is 0 Å². The summed E-state index contributed by atoms with van der Waals surface area (Å²) in [7, 11) is -2.98. The molecule has 1 aromatic heterocycles. The Morgan fingerprint density at radius 2 is 2.35 bits per heavy atom. The number of anilines is 1. The summed E-state index contributed by atoms with van der Waals surface area (Å²) in [5.41, 5.74) is 6.12. The van der Waals surface area contributed by atoms with E-state index in [1.165, 1.54) is 0 Å². The van der Waals surface area contributed by atoms with Crippen molar-refractivity contribution in [2.45, 2.75) is 32.2 Å². The van der Waals surface area contributed by atoms with Crippen LogP contribution in [0.3, 0.4) is 0 Å². The first-order valence-corrected chi connectivity index (χ1v) is 8.50. The topological polar surface area (TPSA) is 107 Å². The molecule has 0 spiro atoms. The SMILES string of the molecule is Cc1cc(NC(=O)CCCN)n([C@H]2CCS(=O)(=O)C2)n1. The van der Waals surface area contributed by atoms with Gasteiger partial charge in [0.1, 0.15) is 5.82 Å². The summed E-state index contributed by atoms with van der Waals surface area (Å²) in [6.45, 7) is 2.28. The summed E-state index contributed by atoms with van der Waals surface area (Å²) in [6, 6.07) is 1.56. The highest BCUT2D eigenvalue weighted by Crippen LogP contribution is 2.27. The molecule has 0 bridgehead atoms. The Morgan fingerprint density at radius 3 is 2.95 bits per heavy atom. The minimum Gasteiger partial charge on any atom is -0.330 e. The second-order valence-corrected chi connectivity index (χ2v) is 7.34. The lowest BCUT2D eigenvalue weighted by atomic mass is 10.2. The molecule has 0 aliphatic carbocycles. The number of rotatable bonds is 5. The number of nitrogens with one attached hydrogen (secondary N) is 1. The highest BCUT2D eigenvalue weighted by Gasteiger charge is 2.31. The van der Waals surface area contributed by atoms with Gasteiger partial charge in [-0.15, -0.1) is 0 Å². The van der Waals surface area contributed by atoms with Crippen LogP contribution in [0.25, 0.3) is 0 Å². The predicted octanol–water partition coefficient (Wildman–Crippen LogP) is 0.229. The first-order chi connectivity index (χ1) is 9.41. The van der Waals surface area contributed by atoms with E-state index in [0.29, 0.717) is 31.6 Å². The summed E-state index contributed by atoms with van der Waals surface area (Å²) in [5.74, 6) is 0.695. The molecule has 1 fully saturated rings. The summed E-state index contributed by atoms with van der Waals surface area (Å²) >= 11 is 0. The van der Waals surface area contributed by atoms with E-state index >= 15 is 0 Å². The monoisotopic (exact) mass is 300 g/mol. The van der Waals surface area contributed by atoms with E-state index in [1.54, 1.807) is 10.7 Å². The molecule has 1 aliphatic heterocycles. The van der Waals surface area contributed by atoms with E-state index in [4.69, 9.17) is 5.73 Å². The fraction of sp³-hybridized carbons (Fsp3) is 0.667. The van der Waals surface area contributed by atoms with Gasteiger partial charge in [0, 0.05) is 12.5 Å². The molecule has 0 saturated carbocycles. The number of nitrogens with zero attached hydrogens (tertiary/aromatic N) is 2. The number of aromatic nitrogens is 2. The van der Waals surface area contributed by atoms with Crippen molar-refractivity contribution in [3.05, 3.63) is 11.8 Å². The summed E-state index contributed by atoms with van der Waals surface area (Å²) in [5, 5.41) is 7.09. The van der Waals surface area contributed by atoms with Crippen molar-refractivity contribution in [1.29, 1.82) is 0 Å². The fourth-order valence-corrected chi connectivity index (χ4v) is 4.02. The van der Waals surface area contributed by atoms with Gasteiger partial charge in [-0.3, -0.25) is 4.79 Å². The summed E-state index contributed by atoms with van der Waals surface area (Å²) in [4.78, 5) is 11.7. The van der Waals surface area contributed by atoms with Gasteiger partial charge in [0.05, 0.1) is 23.2 Å². The van der Waals surface area contributed by atoms with Crippen molar-refractivity contribution < 1.29 is 13.2 Å². The molecule has 2 rings (SSSR count). The molecule has 1 amide bonds. The van der Waals surface area contributed by atoms with E-state index in [9.17, 15) is 13.2 Å². The number of sulfone groups is 1. The van der Waals surface area contributed by atoms with Crippen LogP contribution in [-0.2, 0) is 14.6 Å². The van der Waals surface area contributed by atoms with Crippen LogP contribution >= 0.6 is 0 Å². The standard InChI is InChI=1S/C12H20N4O3S/c1-9-7-11(14-12(17)3-2-5-13)16(15-9)10-4-6-20(18,19)8-10/h7,10H,2-6,8,13H2,1H3,(H,14,17)/t10-/m0/s1. The smallest absolute Gasteiger partial charge is 0.225 e. The van der Waals surface area contributed by atoms with Crippen LogP contribution in [0.2, 0.25) is 0 Å². The maximum absolute atomic E-state index is 11.7.